The number of nitrogens with zero attached hydrogens (tertiary/aromatic N) is 2. The Balaban J connectivity index is 2.32. The van der Waals surface area contributed by atoms with Gasteiger partial charge in [0.1, 0.15) is 0 Å². The normalized spacial score (nSPS) is 16.9. The molecule has 0 N–H and O–H groups in total. The first kappa shape index (κ1) is 11.2. The van der Waals surface area contributed by atoms with E-state index in [4.69, 9.17) is 0 Å². The molecule has 1 fully saturated rings. The van der Waals surface area contributed by atoms with Crippen molar-refractivity contribution in [3.05, 3.63) is 36.3 Å². The smallest absolute Gasteiger partial charge is 0.0597 e. The number of aromatic nitrogens is 1. The Morgan fingerprint density at radius 2 is 2.06 bits per heavy atom. The molecule has 0 spiro atoms. The van der Waals surface area contributed by atoms with Crippen molar-refractivity contribution in [3.63, 3.8) is 0 Å². The molecule has 1 saturated heterocycles. The average molecular weight is 216 g/mol. The van der Waals surface area contributed by atoms with Crippen LogP contribution in [0.5, 0.6) is 0 Å². The van der Waals surface area contributed by atoms with E-state index < -0.39 is 0 Å². The van der Waals surface area contributed by atoms with Crippen molar-refractivity contribution in [2.75, 3.05) is 11.4 Å². The van der Waals surface area contributed by atoms with E-state index in [1.54, 1.807) is 0 Å². The zero-order valence-electron chi connectivity index (χ0n) is 10.5. The van der Waals surface area contributed by atoms with Crippen molar-refractivity contribution >= 4 is 5.69 Å². The summed E-state index contributed by atoms with van der Waals surface area (Å²) in [4.78, 5) is 6.63. The third-order valence-corrected chi connectivity index (χ3v) is 3.13. The van der Waals surface area contributed by atoms with E-state index in [9.17, 15) is 0 Å². The first-order valence-corrected chi connectivity index (χ1v) is 5.89. The van der Waals surface area contributed by atoms with Gasteiger partial charge in [-0.1, -0.05) is 27.4 Å². The van der Waals surface area contributed by atoms with Crippen LogP contribution in [0, 0.1) is 0 Å². The zero-order valence-corrected chi connectivity index (χ0v) is 10.5. The van der Waals surface area contributed by atoms with E-state index in [-0.39, 0.29) is 5.41 Å². The molecule has 0 atom stereocenters. The van der Waals surface area contributed by atoms with Gasteiger partial charge in [-0.25, -0.2) is 0 Å². The van der Waals surface area contributed by atoms with Crippen molar-refractivity contribution in [2.24, 2.45) is 0 Å². The largest absolute Gasteiger partial charge is 0.344 e. The number of allylic oxidation sites excluding steroid dienone is 1. The summed E-state index contributed by atoms with van der Waals surface area (Å²) >= 11 is 0. The average Bonchev–Trinajstić information content (AvgIpc) is 2.63. The Kier molecular flexibility index (Phi) is 2.75. The molecule has 2 heterocycles. The topological polar surface area (TPSA) is 16.1 Å². The number of rotatable bonds is 1. The SMILES string of the molecule is C=C1CCCN1c1cncc(C(C)(C)C)c1. The second kappa shape index (κ2) is 3.93. The van der Waals surface area contributed by atoms with Crippen LogP contribution >= 0.6 is 0 Å². The maximum atomic E-state index is 4.35. The Labute approximate surface area is 98.0 Å². The summed E-state index contributed by atoms with van der Waals surface area (Å²) in [7, 11) is 0. The van der Waals surface area contributed by atoms with Crippen molar-refractivity contribution in [1.82, 2.24) is 4.98 Å². The first-order valence-electron chi connectivity index (χ1n) is 5.89. The van der Waals surface area contributed by atoms with Crippen LogP contribution in [0.1, 0.15) is 39.2 Å². The van der Waals surface area contributed by atoms with Crippen molar-refractivity contribution in [2.45, 2.75) is 39.0 Å². The minimum Gasteiger partial charge on any atom is -0.344 e. The minimum atomic E-state index is 0.157. The Morgan fingerprint density at radius 1 is 1.31 bits per heavy atom. The van der Waals surface area contributed by atoms with Gasteiger partial charge >= 0.3 is 0 Å². The molecule has 0 radical (unpaired) electrons. The summed E-state index contributed by atoms with van der Waals surface area (Å²) in [6, 6.07) is 2.24. The lowest BCUT2D eigenvalue weighted by Crippen LogP contribution is -2.18. The van der Waals surface area contributed by atoms with Crippen molar-refractivity contribution in [1.29, 1.82) is 0 Å². The van der Waals surface area contributed by atoms with E-state index in [1.807, 2.05) is 12.4 Å². The lowest BCUT2D eigenvalue weighted by atomic mass is 9.88. The summed E-state index contributed by atoms with van der Waals surface area (Å²) < 4.78 is 0. The van der Waals surface area contributed by atoms with Crippen LogP contribution < -0.4 is 4.90 Å². The lowest BCUT2D eigenvalue weighted by Gasteiger charge is -2.23. The standard InChI is InChI=1S/C14H20N2/c1-11-6-5-7-16(11)13-8-12(9-15-10-13)14(2,3)4/h8-10H,1,5-7H2,2-4H3. The molecule has 0 aliphatic carbocycles. The van der Waals surface area contributed by atoms with E-state index in [0.717, 1.165) is 13.0 Å². The molecular weight excluding hydrogens is 196 g/mol. The number of hydrogen-bond acceptors (Lipinski definition) is 2. The maximum absolute atomic E-state index is 4.35. The molecule has 0 amide bonds. The van der Waals surface area contributed by atoms with Gasteiger partial charge in [0.15, 0.2) is 0 Å². The molecule has 0 bridgehead atoms. The molecule has 16 heavy (non-hydrogen) atoms. The van der Waals surface area contributed by atoms with Gasteiger partial charge in [-0.15, -0.1) is 0 Å². The van der Waals surface area contributed by atoms with Gasteiger partial charge in [-0.05, 0) is 29.9 Å². The first-order chi connectivity index (χ1) is 7.48. The monoisotopic (exact) mass is 216 g/mol. The molecule has 2 rings (SSSR count). The van der Waals surface area contributed by atoms with Gasteiger partial charge in [0.05, 0.1) is 11.9 Å². The fraction of sp³-hybridized carbons (Fsp3) is 0.500. The molecule has 2 nitrogen and oxygen atoms in total. The van der Waals surface area contributed by atoms with Crippen molar-refractivity contribution in [3.8, 4) is 0 Å². The summed E-state index contributed by atoms with van der Waals surface area (Å²) in [5, 5.41) is 0. The minimum absolute atomic E-state index is 0.157. The van der Waals surface area contributed by atoms with Crippen LogP contribution in [0.2, 0.25) is 0 Å². The van der Waals surface area contributed by atoms with Gasteiger partial charge in [0.2, 0.25) is 0 Å². The van der Waals surface area contributed by atoms with Gasteiger partial charge in [-0.2, -0.15) is 0 Å². The van der Waals surface area contributed by atoms with Crippen LogP contribution in [-0.2, 0) is 5.41 Å². The van der Waals surface area contributed by atoms with E-state index in [2.05, 4.69) is 43.3 Å². The van der Waals surface area contributed by atoms with Crippen molar-refractivity contribution < 1.29 is 0 Å². The predicted octanol–water partition coefficient (Wildman–Crippen LogP) is 3.49. The molecule has 2 heteroatoms. The van der Waals surface area contributed by atoms with Crippen LogP contribution in [0.4, 0.5) is 5.69 Å². The third kappa shape index (κ3) is 2.11. The Hall–Kier alpha value is -1.31. The highest BCUT2D eigenvalue weighted by Gasteiger charge is 2.19. The summed E-state index contributed by atoms with van der Waals surface area (Å²) in [5.74, 6) is 0. The highest BCUT2D eigenvalue weighted by Crippen LogP contribution is 2.30. The summed E-state index contributed by atoms with van der Waals surface area (Å²) in [6.07, 6.45) is 6.21. The van der Waals surface area contributed by atoms with E-state index in [0.29, 0.717) is 0 Å². The second-order valence-corrected chi connectivity index (χ2v) is 5.50. The summed E-state index contributed by atoms with van der Waals surface area (Å²) in [5.41, 5.74) is 3.84. The fourth-order valence-electron chi connectivity index (χ4n) is 2.03. The van der Waals surface area contributed by atoms with Gasteiger partial charge in [0.25, 0.3) is 0 Å². The molecule has 1 aromatic heterocycles. The summed E-state index contributed by atoms with van der Waals surface area (Å²) in [6.45, 7) is 11.8. The Bertz CT molecular complexity index is 401. The zero-order chi connectivity index (χ0) is 11.8. The van der Waals surface area contributed by atoms with Gasteiger partial charge < -0.3 is 4.90 Å². The molecule has 0 aromatic carbocycles. The molecule has 1 aliphatic rings. The molecule has 1 aromatic rings. The van der Waals surface area contributed by atoms with Crippen LogP contribution in [0.25, 0.3) is 0 Å². The van der Waals surface area contributed by atoms with Crippen LogP contribution in [0.15, 0.2) is 30.7 Å². The third-order valence-electron chi connectivity index (χ3n) is 3.13. The highest BCUT2D eigenvalue weighted by atomic mass is 15.2. The van der Waals surface area contributed by atoms with Gasteiger partial charge in [-0.3, -0.25) is 4.98 Å². The molecule has 0 saturated carbocycles. The maximum Gasteiger partial charge on any atom is 0.0597 e. The lowest BCUT2D eigenvalue weighted by molar-refractivity contribution is 0.587. The Morgan fingerprint density at radius 3 is 2.62 bits per heavy atom. The quantitative estimate of drug-likeness (QED) is 0.714. The number of hydrogen-bond donors (Lipinski definition) is 0. The fourth-order valence-corrected chi connectivity index (χ4v) is 2.03. The molecule has 0 unspecified atom stereocenters. The number of anilines is 1. The van der Waals surface area contributed by atoms with E-state index >= 15 is 0 Å². The van der Waals surface area contributed by atoms with Gasteiger partial charge in [0, 0.05) is 18.4 Å². The molecule has 86 valence electrons. The van der Waals surface area contributed by atoms with Crippen LogP contribution in [0.3, 0.4) is 0 Å². The molecular formula is C14H20N2. The second-order valence-electron chi connectivity index (χ2n) is 5.50. The predicted molar refractivity (Wildman–Crippen MR) is 68.7 cm³/mol. The van der Waals surface area contributed by atoms with E-state index in [1.165, 1.54) is 23.4 Å². The van der Waals surface area contributed by atoms with Crippen LogP contribution in [-0.4, -0.2) is 11.5 Å². The molecule has 1 aliphatic heterocycles. The highest BCUT2D eigenvalue weighted by molar-refractivity contribution is 5.53. The number of pyridine rings is 1.